The normalized spacial score (nSPS) is 16.7. The standard InChI is InChI=1S/C20H23N5OS/c1-13-11-14(6-7-16(13)24(2)3)23-19(26)17-5-4-9-25(17)18-15-8-10-27-20(15)22-12-21-18/h6-8,10-12,17H,4-5,9H2,1-3H3,(H,23,26). The van der Waals surface area contributed by atoms with E-state index < -0.39 is 0 Å². The highest BCUT2D eigenvalue weighted by Gasteiger charge is 2.32. The highest BCUT2D eigenvalue weighted by atomic mass is 32.1. The molecule has 1 aliphatic rings. The molecule has 3 heterocycles. The van der Waals surface area contributed by atoms with Gasteiger partial charge in [-0.3, -0.25) is 4.79 Å². The highest BCUT2D eigenvalue weighted by Crippen LogP contribution is 2.32. The van der Waals surface area contributed by atoms with Crippen molar-refractivity contribution in [3.8, 4) is 0 Å². The minimum absolute atomic E-state index is 0.0199. The first kappa shape index (κ1) is 17.7. The summed E-state index contributed by atoms with van der Waals surface area (Å²) >= 11 is 1.60. The van der Waals surface area contributed by atoms with Crippen LogP contribution in [-0.4, -0.2) is 42.6 Å². The number of aryl methyl sites for hydroxylation is 1. The monoisotopic (exact) mass is 381 g/mol. The van der Waals surface area contributed by atoms with Crippen LogP contribution in [-0.2, 0) is 4.79 Å². The lowest BCUT2D eigenvalue weighted by atomic mass is 10.1. The smallest absolute Gasteiger partial charge is 0.247 e. The Balaban J connectivity index is 1.56. The number of carbonyl (C=O) groups excluding carboxylic acids is 1. The van der Waals surface area contributed by atoms with Gasteiger partial charge in [-0.05, 0) is 55.0 Å². The third-order valence-corrected chi connectivity index (χ3v) is 5.84. The SMILES string of the molecule is Cc1cc(NC(=O)C2CCCN2c2ncnc3sccc23)ccc1N(C)C. The molecule has 6 nitrogen and oxygen atoms in total. The van der Waals surface area contributed by atoms with Gasteiger partial charge in [0.25, 0.3) is 0 Å². The summed E-state index contributed by atoms with van der Waals surface area (Å²) in [5.74, 6) is 0.879. The Morgan fingerprint density at radius 3 is 2.93 bits per heavy atom. The van der Waals surface area contributed by atoms with Crippen molar-refractivity contribution in [1.29, 1.82) is 0 Å². The molecule has 0 bridgehead atoms. The van der Waals surface area contributed by atoms with Crippen molar-refractivity contribution in [3.63, 3.8) is 0 Å². The molecule has 1 N–H and O–H groups in total. The maximum absolute atomic E-state index is 13.0. The van der Waals surface area contributed by atoms with E-state index in [9.17, 15) is 4.79 Å². The van der Waals surface area contributed by atoms with E-state index >= 15 is 0 Å². The second kappa shape index (κ2) is 7.15. The summed E-state index contributed by atoms with van der Waals surface area (Å²) in [6.45, 7) is 2.89. The average molecular weight is 382 g/mol. The molecule has 1 saturated heterocycles. The van der Waals surface area contributed by atoms with Crippen molar-refractivity contribution in [1.82, 2.24) is 9.97 Å². The number of benzene rings is 1. The Morgan fingerprint density at radius 2 is 2.15 bits per heavy atom. The fourth-order valence-electron chi connectivity index (χ4n) is 3.76. The van der Waals surface area contributed by atoms with Gasteiger partial charge in [-0.25, -0.2) is 9.97 Å². The summed E-state index contributed by atoms with van der Waals surface area (Å²) < 4.78 is 0. The van der Waals surface area contributed by atoms with Crippen molar-refractivity contribution in [2.24, 2.45) is 0 Å². The van der Waals surface area contributed by atoms with E-state index in [0.717, 1.165) is 52.4 Å². The molecule has 27 heavy (non-hydrogen) atoms. The molecule has 1 aliphatic heterocycles. The molecule has 1 fully saturated rings. The molecule has 3 aromatic rings. The van der Waals surface area contributed by atoms with Gasteiger partial charge >= 0.3 is 0 Å². The second-order valence-corrected chi connectivity index (χ2v) is 7.97. The van der Waals surface area contributed by atoms with Crippen LogP contribution >= 0.6 is 11.3 Å². The largest absolute Gasteiger partial charge is 0.377 e. The summed E-state index contributed by atoms with van der Waals surface area (Å²) in [6, 6.07) is 7.84. The number of amides is 1. The van der Waals surface area contributed by atoms with Gasteiger partial charge in [-0.1, -0.05) is 0 Å². The van der Waals surface area contributed by atoms with Gasteiger partial charge in [-0.15, -0.1) is 11.3 Å². The lowest BCUT2D eigenvalue weighted by Crippen LogP contribution is -2.40. The molecule has 4 rings (SSSR count). The van der Waals surface area contributed by atoms with Crippen LogP contribution in [0.1, 0.15) is 18.4 Å². The van der Waals surface area contributed by atoms with Crippen molar-refractivity contribution >= 4 is 44.7 Å². The van der Waals surface area contributed by atoms with Crippen molar-refractivity contribution < 1.29 is 4.79 Å². The molecule has 0 radical (unpaired) electrons. The van der Waals surface area contributed by atoms with Gasteiger partial charge < -0.3 is 15.1 Å². The Morgan fingerprint density at radius 1 is 1.30 bits per heavy atom. The van der Waals surface area contributed by atoms with Gasteiger partial charge in [0.1, 0.15) is 23.0 Å². The number of fused-ring (bicyclic) bond motifs is 1. The van der Waals surface area contributed by atoms with E-state index in [4.69, 9.17) is 0 Å². The third-order valence-electron chi connectivity index (χ3n) is 5.01. The highest BCUT2D eigenvalue weighted by molar-refractivity contribution is 7.16. The first-order valence-corrected chi connectivity index (χ1v) is 9.96. The predicted octanol–water partition coefficient (Wildman–Crippen LogP) is 3.67. The second-order valence-electron chi connectivity index (χ2n) is 7.07. The van der Waals surface area contributed by atoms with Crippen LogP contribution in [0.4, 0.5) is 17.2 Å². The van der Waals surface area contributed by atoms with Crippen LogP contribution in [0.5, 0.6) is 0 Å². The van der Waals surface area contributed by atoms with E-state index in [-0.39, 0.29) is 11.9 Å². The van der Waals surface area contributed by atoms with Gasteiger partial charge in [0.05, 0.1) is 5.39 Å². The molecule has 1 aromatic carbocycles. The maximum Gasteiger partial charge on any atom is 0.247 e. The van der Waals surface area contributed by atoms with Crippen LogP contribution < -0.4 is 15.1 Å². The number of nitrogens with zero attached hydrogens (tertiary/aromatic N) is 4. The predicted molar refractivity (Wildman–Crippen MR) is 112 cm³/mol. The topological polar surface area (TPSA) is 61.4 Å². The summed E-state index contributed by atoms with van der Waals surface area (Å²) in [7, 11) is 4.04. The van der Waals surface area contributed by atoms with Crippen LogP contribution in [0.3, 0.4) is 0 Å². The van der Waals surface area contributed by atoms with Gasteiger partial charge in [0.15, 0.2) is 0 Å². The minimum atomic E-state index is -0.211. The lowest BCUT2D eigenvalue weighted by Gasteiger charge is -2.25. The van der Waals surface area contributed by atoms with Gasteiger partial charge in [0.2, 0.25) is 5.91 Å². The summed E-state index contributed by atoms with van der Waals surface area (Å²) in [5.41, 5.74) is 3.12. The Labute approximate surface area is 162 Å². The molecule has 0 aliphatic carbocycles. The molecule has 0 saturated carbocycles. The molecule has 1 unspecified atom stereocenters. The molecule has 7 heteroatoms. The molecule has 1 amide bonds. The molecular weight excluding hydrogens is 358 g/mol. The summed E-state index contributed by atoms with van der Waals surface area (Å²) in [5, 5.41) is 6.13. The number of rotatable bonds is 4. The number of hydrogen-bond acceptors (Lipinski definition) is 6. The first-order valence-electron chi connectivity index (χ1n) is 9.08. The Kier molecular flexibility index (Phi) is 4.70. The third kappa shape index (κ3) is 3.35. The number of thiophene rings is 1. The molecular formula is C20H23N5OS. The number of carbonyl (C=O) groups is 1. The van der Waals surface area contributed by atoms with Crippen LogP contribution in [0.25, 0.3) is 10.2 Å². The van der Waals surface area contributed by atoms with E-state index in [2.05, 4.69) is 32.0 Å². The van der Waals surface area contributed by atoms with Crippen molar-refractivity contribution in [2.45, 2.75) is 25.8 Å². The zero-order valence-corrected chi connectivity index (χ0v) is 16.6. The summed E-state index contributed by atoms with van der Waals surface area (Å²) in [6.07, 6.45) is 3.40. The number of anilines is 3. The van der Waals surface area contributed by atoms with E-state index in [0.29, 0.717) is 0 Å². The van der Waals surface area contributed by atoms with E-state index in [1.165, 1.54) is 0 Å². The minimum Gasteiger partial charge on any atom is -0.377 e. The number of aromatic nitrogens is 2. The molecule has 140 valence electrons. The van der Waals surface area contributed by atoms with E-state index in [1.54, 1.807) is 17.7 Å². The van der Waals surface area contributed by atoms with E-state index in [1.807, 2.05) is 43.7 Å². The van der Waals surface area contributed by atoms with Crippen LogP contribution in [0, 0.1) is 6.92 Å². The molecule has 1 atom stereocenters. The maximum atomic E-state index is 13.0. The Hall–Kier alpha value is -2.67. The lowest BCUT2D eigenvalue weighted by molar-refractivity contribution is -0.117. The fraction of sp³-hybridized carbons (Fsp3) is 0.350. The number of hydrogen-bond donors (Lipinski definition) is 1. The molecule has 2 aromatic heterocycles. The number of nitrogens with one attached hydrogen (secondary N) is 1. The van der Waals surface area contributed by atoms with Crippen LogP contribution in [0.2, 0.25) is 0 Å². The molecule has 0 spiro atoms. The zero-order valence-electron chi connectivity index (χ0n) is 15.8. The van der Waals surface area contributed by atoms with Gasteiger partial charge in [-0.2, -0.15) is 0 Å². The van der Waals surface area contributed by atoms with Crippen molar-refractivity contribution in [2.75, 3.05) is 35.8 Å². The average Bonchev–Trinajstić information content (AvgIpc) is 3.30. The summed E-state index contributed by atoms with van der Waals surface area (Å²) in [4.78, 5) is 26.9. The first-order chi connectivity index (χ1) is 13.0. The fourth-order valence-corrected chi connectivity index (χ4v) is 4.49. The van der Waals surface area contributed by atoms with Crippen LogP contribution in [0.15, 0.2) is 36.0 Å². The van der Waals surface area contributed by atoms with Crippen molar-refractivity contribution in [3.05, 3.63) is 41.5 Å². The zero-order chi connectivity index (χ0) is 19.0. The van der Waals surface area contributed by atoms with Gasteiger partial charge in [0, 0.05) is 32.0 Å². The quantitative estimate of drug-likeness (QED) is 0.747. The Bertz CT molecular complexity index is 983.